The normalized spacial score (nSPS) is 19.2. The maximum atomic E-state index is 14.5. The van der Waals surface area contributed by atoms with E-state index in [1.54, 1.807) is 0 Å². The quantitative estimate of drug-likeness (QED) is 0.361. The van der Waals surface area contributed by atoms with Gasteiger partial charge in [0, 0.05) is 16.7 Å². The van der Waals surface area contributed by atoms with Crippen LogP contribution in [0.1, 0.15) is 39.6 Å². The molecule has 1 aromatic carbocycles. The average Bonchev–Trinajstić information content (AvgIpc) is 3.19. The first-order valence-electron chi connectivity index (χ1n) is 10.2. The van der Waals surface area contributed by atoms with E-state index in [4.69, 9.17) is 40.1 Å². The van der Waals surface area contributed by atoms with Crippen molar-refractivity contribution in [2.45, 2.75) is 42.3 Å². The van der Waals surface area contributed by atoms with Crippen molar-refractivity contribution < 1.29 is 35.5 Å². The van der Waals surface area contributed by atoms with E-state index in [0.29, 0.717) is 17.7 Å². The van der Waals surface area contributed by atoms with Crippen molar-refractivity contribution in [3.8, 4) is 6.07 Å². The molecule has 1 unspecified atom stereocenters. The Balaban J connectivity index is 1.58. The molecule has 1 fully saturated rings. The first kappa shape index (κ1) is 27.8. The van der Waals surface area contributed by atoms with Gasteiger partial charge in [-0.1, -0.05) is 34.8 Å². The average molecular weight is 608 g/mol. The molecule has 1 aliphatic carbocycles. The minimum Gasteiger partial charge on any atom is -0.334 e. The van der Waals surface area contributed by atoms with E-state index in [1.807, 2.05) is 6.07 Å². The van der Waals surface area contributed by atoms with Gasteiger partial charge in [-0.15, -0.1) is 11.3 Å². The molecule has 0 radical (unpaired) electrons. The van der Waals surface area contributed by atoms with Crippen molar-refractivity contribution in [1.29, 1.82) is 5.26 Å². The Labute approximate surface area is 223 Å². The van der Waals surface area contributed by atoms with Gasteiger partial charge in [0.1, 0.15) is 9.88 Å². The maximum Gasteiger partial charge on any atom is 0.435 e. The summed E-state index contributed by atoms with van der Waals surface area (Å²) in [6.07, 6.45) is -10.2. The number of hydrazone groups is 1. The molecule has 37 heavy (non-hydrogen) atoms. The number of benzene rings is 1. The molecule has 2 aromatic rings. The Bertz CT molecular complexity index is 1290. The van der Waals surface area contributed by atoms with Crippen LogP contribution in [0.4, 0.5) is 36.4 Å². The number of nitrogens with one attached hydrogen (secondary N) is 1. The number of nitrogens with zero attached hydrogens (tertiary/aromatic N) is 3. The van der Waals surface area contributed by atoms with Gasteiger partial charge >= 0.3 is 18.0 Å². The molecule has 1 amide bonds. The minimum absolute atomic E-state index is 0.0157. The van der Waals surface area contributed by atoms with E-state index in [1.165, 1.54) is 12.3 Å². The van der Waals surface area contributed by atoms with Crippen molar-refractivity contribution in [2.75, 3.05) is 11.6 Å². The van der Waals surface area contributed by atoms with Crippen molar-refractivity contribution in [3.63, 3.8) is 0 Å². The monoisotopic (exact) mass is 606 g/mol. The van der Waals surface area contributed by atoms with Crippen LogP contribution in [-0.4, -0.2) is 36.6 Å². The fraction of sp³-hybridized carbons (Fsp3) is 0.381. The lowest BCUT2D eigenvalue weighted by Gasteiger charge is -2.31. The molecule has 5 nitrogen and oxygen atoms in total. The summed E-state index contributed by atoms with van der Waals surface area (Å²) >= 11 is 19.2. The van der Waals surface area contributed by atoms with Gasteiger partial charge in [-0.2, -0.15) is 36.7 Å². The number of hydrogen-bond acceptors (Lipinski definition) is 5. The molecule has 2 aliphatic rings. The van der Waals surface area contributed by atoms with Gasteiger partial charge in [-0.25, -0.2) is 4.39 Å². The second-order valence-electron chi connectivity index (χ2n) is 8.38. The standard InChI is InChI=1S/C21H12Cl3F7N4OS/c22-12-3-10(19(25,20(26,27)28)21(29,30)31)4-13(23)15(12)35-7-9(6-33-35)14-5-11(16(24)37-14)17(36)34-18(8-32)1-2-18/h3-6,9H,1-2,7H2,(H,34,36). The van der Waals surface area contributed by atoms with Crippen LogP contribution in [-0.2, 0) is 5.67 Å². The molecule has 16 heteroatoms. The summed E-state index contributed by atoms with van der Waals surface area (Å²) in [5, 5.41) is 15.6. The van der Waals surface area contributed by atoms with E-state index in [9.17, 15) is 35.5 Å². The molecule has 1 aromatic heterocycles. The highest BCUT2D eigenvalue weighted by Gasteiger charge is 2.73. The highest BCUT2D eigenvalue weighted by molar-refractivity contribution is 7.16. The van der Waals surface area contributed by atoms with Gasteiger partial charge in [0.05, 0.1) is 39.8 Å². The SMILES string of the molecule is N#CC1(NC(=O)c2cc(C3C=NN(c4c(Cl)cc(C(F)(C(F)(F)F)C(F)(F)F)cc4Cl)C3)sc2Cl)CC1. The van der Waals surface area contributed by atoms with Crippen molar-refractivity contribution in [1.82, 2.24) is 5.32 Å². The predicted octanol–water partition coefficient (Wildman–Crippen LogP) is 7.37. The smallest absolute Gasteiger partial charge is 0.334 e. The fourth-order valence-corrected chi connectivity index (χ4v) is 5.67. The zero-order valence-corrected chi connectivity index (χ0v) is 21.0. The van der Waals surface area contributed by atoms with Gasteiger partial charge < -0.3 is 5.32 Å². The topological polar surface area (TPSA) is 68.5 Å². The van der Waals surface area contributed by atoms with E-state index < -0.39 is 51.0 Å². The molecule has 4 rings (SSSR count). The molecular formula is C21H12Cl3F7N4OS. The van der Waals surface area contributed by atoms with Gasteiger partial charge in [0.2, 0.25) is 0 Å². The first-order chi connectivity index (χ1) is 17.0. The summed E-state index contributed by atoms with van der Waals surface area (Å²) < 4.78 is 93.4. The minimum atomic E-state index is -6.33. The van der Waals surface area contributed by atoms with Crippen LogP contribution < -0.4 is 10.3 Å². The molecule has 0 spiro atoms. The number of carbonyl (C=O) groups is 1. The molecule has 198 valence electrons. The Morgan fingerprint density at radius 3 is 2.14 bits per heavy atom. The summed E-state index contributed by atoms with van der Waals surface area (Å²) in [5.41, 5.74) is -8.53. The van der Waals surface area contributed by atoms with Gasteiger partial charge in [0.25, 0.3) is 5.91 Å². The van der Waals surface area contributed by atoms with Crippen molar-refractivity contribution in [2.24, 2.45) is 5.10 Å². The van der Waals surface area contributed by atoms with E-state index in [2.05, 4.69) is 10.4 Å². The van der Waals surface area contributed by atoms with E-state index >= 15 is 0 Å². The number of amides is 1. The molecule has 1 N–H and O–H groups in total. The van der Waals surface area contributed by atoms with Crippen LogP contribution in [0.25, 0.3) is 0 Å². The lowest BCUT2D eigenvalue weighted by molar-refractivity contribution is -0.348. The van der Waals surface area contributed by atoms with Crippen LogP contribution in [0.3, 0.4) is 0 Å². The number of rotatable bonds is 5. The highest BCUT2D eigenvalue weighted by Crippen LogP contribution is 2.55. The second kappa shape index (κ2) is 9.18. The largest absolute Gasteiger partial charge is 0.435 e. The Morgan fingerprint density at radius 2 is 1.65 bits per heavy atom. The summed E-state index contributed by atoms with van der Waals surface area (Å²) in [4.78, 5) is 13.1. The molecule has 2 heterocycles. The molecule has 0 saturated heterocycles. The number of hydrogen-bond donors (Lipinski definition) is 1. The summed E-state index contributed by atoms with van der Waals surface area (Å²) in [6, 6.07) is 3.93. The van der Waals surface area contributed by atoms with Crippen LogP contribution in [0.5, 0.6) is 0 Å². The van der Waals surface area contributed by atoms with E-state index in [0.717, 1.165) is 16.3 Å². The molecule has 1 saturated carbocycles. The number of nitriles is 1. The van der Waals surface area contributed by atoms with Crippen molar-refractivity contribution in [3.05, 3.63) is 48.6 Å². The summed E-state index contributed by atoms with van der Waals surface area (Å²) in [7, 11) is 0. The summed E-state index contributed by atoms with van der Waals surface area (Å²) in [5.74, 6) is -1.05. The number of alkyl halides is 7. The lowest BCUT2D eigenvalue weighted by Crippen LogP contribution is -2.50. The third-order valence-electron chi connectivity index (χ3n) is 5.84. The molecule has 0 bridgehead atoms. The van der Waals surface area contributed by atoms with E-state index in [-0.39, 0.29) is 34.3 Å². The van der Waals surface area contributed by atoms with Crippen LogP contribution in [0.15, 0.2) is 23.3 Å². The number of halogens is 10. The third kappa shape index (κ3) is 4.84. The number of thiophene rings is 1. The molecular weight excluding hydrogens is 596 g/mol. The fourth-order valence-electron chi connectivity index (χ4n) is 3.65. The Hall–Kier alpha value is -2.27. The Morgan fingerprint density at radius 1 is 1.08 bits per heavy atom. The zero-order valence-electron chi connectivity index (χ0n) is 17.9. The van der Waals surface area contributed by atoms with Crippen LogP contribution in [0, 0.1) is 11.3 Å². The second-order valence-corrected chi connectivity index (χ2v) is 10.9. The number of anilines is 1. The van der Waals surface area contributed by atoms with Gasteiger partial charge in [-0.3, -0.25) is 9.80 Å². The lowest BCUT2D eigenvalue weighted by atomic mass is 9.94. The van der Waals surface area contributed by atoms with Crippen LogP contribution in [0.2, 0.25) is 14.4 Å². The third-order valence-corrected chi connectivity index (χ3v) is 7.91. The van der Waals surface area contributed by atoms with Gasteiger partial charge in [0.15, 0.2) is 0 Å². The highest BCUT2D eigenvalue weighted by atomic mass is 35.5. The number of carbonyl (C=O) groups excluding carboxylic acids is 1. The zero-order chi connectivity index (χ0) is 27.6. The molecule has 1 aliphatic heterocycles. The Kier molecular flexibility index (Phi) is 6.89. The van der Waals surface area contributed by atoms with Crippen molar-refractivity contribution >= 4 is 63.9 Å². The van der Waals surface area contributed by atoms with Crippen LogP contribution >= 0.6 is 46.1 Å². The maximum absolute atomic E-state index is 14.5. The first-order valence-corrected chi connectivity index (χ1v) is 12.1. The summed E-state index contributed by atoms with van der Waals surface area (Å²) in [6.45, 7) is -0.0157. The van der Waals surface area contributed by atoms with Gasteiger partial charge in [-0.05, 0) is 31.0 Å². The molecule has 1 atom stereocenters. The predicted molar refractivity (Wildman–Crippen MR) is 124 cm³/mol.